The van der Waals surface area contributed by atoms with E-state index in [2.05, 4.69) is 20.9 Å². The maximum atomic E-state index is 14.3. The van der Waals surface area contributed by atoms with E-state index in [1.54, 1.807) is 72.8 Å². The topological polar surface area (TPSA) is 141 Å². The molecule has 0 spiro atoms. The first kappa shape index (κ1) is 33.9. The van der Waals surface area contributed by atoms with E-state index in [0.717, 1.165) is 12.1 Å². The molecule has 1 aliphatic rings. The normalized spacial score (nSPS) is 17.2. The number of rotatable bonds is 13. The second kappa shape index (κ2) is 15.0. The van der Waals surface area contributed by atoms with Crippen molar-refractivity contribution in [1.29, 1.82) is 0 Å². The molecule has 0 fully saturated rings. The number of azide groups is 1. The number of amides is 1. The second-order valence-corrected chi connectivity index (χ2v) is 10.9. The number of nitrogens with zero attached hydrogens (tertiary/aromatic N) is 4. The van der Waals surface area contributed by atoms with Gasteiger partial charge in [-0.15, -0.1) is 0 Å². The van der Waals surface area contributed by atoms with Gasteiger partial charge in [0, 0.05) is 47.7 Å². The molecule has 0 saturated heterocycles. The van der Waals surface area contributed by atoms with Crippen molar-refractivity contribution in [1.82, 2.24) is 10.9 Å². The third-order valence-corrected chi connectivity index (χ3v) is 7.50. The van der Waals surface area contributed by atoms with Gasteiger partial charge in [0.2, 0.25) is 5.90 Å². The van der Waals surface area contributed by atoms with Gasteiger partial charge < -0.3 is 14.6 Å². The Balaban J connectivity index is 1.53. The SMILES string of the molecule is [N-]=[N+]=Nc1ccccc1[C@@H]1OC(c2ccc(OCCCO)cc2)=N[C@]1(Cc1ccccc1)C(=O)NNCc1cc(F)cc(C(F)(F)F)c1. The molecule has 248 valence electrons. The van der Waals surface area contributed by atoms with Crippen molar-refractivity contribution in [2.24, 2.45) is 10.1 Å². The fourth-order valence-electron chi connectivity index (χ4n) is 5.27. The van der Waals surface area contributed by atoms with E-state index in [4.69, 9.17) is 19.6 Å². The highest BCUT2D eigenvalue weighted by Crippen LogP contribution is 2.45. The van der Waals surface area contributed by atoms with Crippen LogP contribution in [0.2, 0.25) is 0 Å². The predicted molar refractivity (Wildman–Crippen MR) is 169 cm³/mol. The van der Waals surface area contributed by atoms with Crippen molar-refractivity contribution in [3.05, 3.63) is 141 Å². The van der Waals surface area contributed by atoms with Crippen LogP contribution in [0.25, 0.3) is 10.4 Å². The number of aliphatic hydroxyl groups excluding tert-OH is 1. The van der Waals surface area contributed by atoms with Crippen LogP contribution in [0.4, 0.5) is 23.2 Å². The minimum absolute atomic E-state index is 0.000658. The van der Waals surface area contributed by atoms with Gasteiger partial charge in [-0.3, -0.25) is 10.2 Å². The molecule has 1 heterocycles. The van der Waals surface area contributed by atoms with Crippen LogP contribution >= 0.6 is 0 Å². The molecule has 0 aromatic heterocycles. The summed E-state index contributed by atoms with van der Waals surface area (Å²) in [6.07, 6.45) is -5.44. The first-order valence-electron chi connectivity index (χ1n) is 14.8. The van der Waals surface area contributed by atoms with Crippen LogP contribution in [-0.2, 0) is 28.7 Å². The van der Waals surface area contributed by atoms with Gasteiger partial charge in [-0.2, -0.15) is 13.2 Å². The number of halogens is 4. The monoisotopic (exact) mass is 662 g/mol. The number of benzene rings is 4. The van der Waals surface area contributed by atoms with Gasteiger partial charge >= 0.3 is 6.18 Å². The molecule has 1 amide bonds. The summed E-state index contributed by atoms with van der Waals surface area (Å²) in [7, 11) is 0. The van der Waals surface area contributed by atoms with Crippen molar-refractivity contribution >= 4 is 17.5 Å². The van der Waals surface area contributed by atoms with Crippen LogP contribution in [0.15, 0.2) is 107 Å². The number of aliphatic imine (C=N–C) groups is 1. The van der Waals surface area contributed by atoms with Crippen molar-refractivity contribution < 1.29 is 36.9 Å². The van der Waals surface area contributed by atoms with Gasteiger partial charge in [0.05, 0.1) is 12.2 Å². The molecular formula is C34H30F4N6O4. The van der Waals surface area contributed by atoms with Gasteiger partial charge in [-0.05, 0) is 59.1 Å². The lowest BCUT2D eigenvalue weighted by atomic mass is 9.81. The Bertz CT molecular complexity index is 1810. The molecule has 0 aliphatic carbocycles. The molecule has 0 radical (unpaired) electrons. The van der Waals surface area contributed by atoms with Gasteiger partial charge in [0.25, 0.3) is 5.91 Å². The van der Waals surface area contributed by atoms with Crippen LogP contribution < -0.4 is 15.6 Å². The number of ether oxygens (including phenoxy) is 2. The predicted octanol–water partition coefficient (Wildman–Crippen LogP) is 6.87. The van der Waals surface area contributed by atoms with Crippen LogP contribution in [-0.4, -0.2) is 35.7 Å². The van der Waals surface area contributed by atoms with E-state index in [1.807, 2.05) is 6.07 Å². The summed E-state index contributed by atoms with van der Waals surface area (Å²) in [4.78, 5) is 22.1. The summed E-state index contributed by atoms with van der Waals surface area (Å²) < 4.78 is 66.0. The summed E-state index contributed by atoms with van der Waals surface area (Å²) in [6.45, 7) is -0.0477. The number of carbonyl (C=O) groups is 1. The van der Waals surface area contributed by atoms with Crippen molar-refractivity contribution in [2.45, 2.75) is 37.2 Å². The smallest absolute Gasteiger partial charge is 0.416 e. The largest absolute Gasteiger partial charge is 0.494 e. The van der Waals surface area contributed by atoms with E-state index in [9.17, 15) is 27.9 Å². The first-order chi connectivity index (χ1) is 23.1. The molecule has 10 nitrogen and oxygen atoms in total. The average molecular weight is 663 g/mol. The molecule has 1 aliphatic heterocycles. The second-order valence-electron chi connectivity index (χ2n) is 10.9. The zero-order chi connectivity index (χ0) is 34.1. The molecule has 4 aromatic carbocycles. The molecule has 14 heteroatoms. The highest BCUT2D eigenvalue weighted by molar-refractivity contribution is 6.01. The summed E-state index contributed by atoms with van der Waals surface area (Å²) in [5.74, 6) is -1.15. The van der Waals surface area contributed by atoms with Gasteiger partial charge in [-0.1, -0.05) is 59.7 Å². The lowest BCUT2D eigenvalue weighted by Gasteiger charge is -2.31. The van der Waals surface area contributed by atoms with Crippen molar-refractivity contribution in [2.75, 3.05) is 13.2 Å². The minimum Gasteiger partial charge on any atom is -0.494 e. The number of nitrogens with one attached hydrogen (secondary N) is 2. The fraction of sp³-hybridized carbons (Fsp3) is 0.235. The average Bonchev–Trinajstić information content (AvgIpc) is 3.45. The molecule has 0 saturated carbocycles. The number of alkyl halides is 3. The maximum absolute atomic E-state index is 14.3. The third kappa shape index (κ3) is 7.92. The summed E-state index contributed by atoms with van der Waals surface area (Å²) >= 11 is 0. The lowest BCUT2D eigenvalue weighted by molar-refractivity contribution is -0.138. The van der Waals surface area contributed by atoms with E-state index >= 15 is 0 Å². The van der Waals surface area contributed by atoms with E-state index in [0.29, 0.717) is 41.5 Å². The molecule has 5 rings (SSSR count). The standard InChI is InChI=1S/C34H30F4N6O4/c35-26-18-23(17-25(19-26)34(36,37)38)21-40-43-32(46)33(20-22-7-2-1-3-8-22)30(28-9-4-5-10-29(28)42-44-39)48-31(41-33)24-11-13-27(14-12-24)47-16-6-15-45/h1-5,7-14,17-19,30,40,45H,6,15-16,20-21H2,(H,43,46)/t30-,33-/m0/s1. The quantitative estimate of drug-likeness (QED) is 0.0358. The molecule has 2 atom stereocenters. The molecule has 0 unspecified atom stereocenters. The van der Waals surface area contributed by atoms with Crippen molar-refractivity contribution in [3.8, 4) is 5.75 Å². The van der Waals surface area contributed by atoms with Crippen LogP contribution in [0.3, 0.4) is 0 Å². The Labute approximate surface area is 272 Å². The Hall–Kier alpha value is -5.43. The molecule has 48 heavy (non-hydrogen) atoms. The highest BCUT2D eigenvalue weighted by atomic mass is 19.4. The lowest BCUT2D eigenvalue weighted by Crippen LogP contribution is -2.53. The van der Waals surface area contributed by atoms with Gasteiger partial charge in [-0.25, -0.2) is 14.8 Å². The maximum Gasteiger partial charge on any atom is 0.416 e. The van der Waals surface area contributed by atoms with Crippen LogP contribution in [0.1, 0.15) is 40.3 Å². The third-order valence-electron chi connectivity index (χ3n) is 7.50. The summed E-state index contributed by atoms with van der Waals surface area (Å²) in [6, 6.07) is 24.4. The van der Waals surface area contributed by atoms with Gasteiger partial charge in [0.1, 0.15) is 11.6 Å². The molecular weight excluding hydrogens is 632 g/mol. The Morgan fingerprint density at radius 3 is 2.46 bits per heavy atom. The zero-order valence-corrected chi connectivity index (χ0v) is 25.3. The Kier molecular flexibility index (Phi) is 10.6. The summed E-state index contributed by atoms with van der Waals surface area (Å²) in [5, 5.41) is 12.8. The molecule has 4 aromatic rings. The number of aliphatic hydroxyl groups is 1. The molecule has 3 N–H and O–H groups in total. The number of hydrogen-bond donors (Lipinski definition) is 3. The van der Waals surface area contributed by atoms with Gasteiger partial charge in [0.15, 0.2) is 11.6 Å². The minimum atomic E-state index is -4.76. The number of carbonyl (C=O) groups excluding carboxylic acids is 1. The van der Waals surface area contributed by atoms with Crippen molar-refractivity contribution in [3.63, 3.8) is 0 Å². The van der Waals surface area contributed by atoms with E-state index < -0.39 is 35.1 Å². The molecule has 0 bridgehead atoms. The van der Waals surface area contributed by atoms with E-state index in [-0.39, 0.29) is 36.7 Å². The Morgan fingerprint density at radius 1 is 1.02 bits per heavy atom. The van der Waals surface area contributed by atoms with Crippen LogP contribution in [0, 0.1) is 5.82 Å². The van der Waals surface area contributed by atoms with Crippen LogP contribution in [0.5, 0.6) is 5.75 Å². The Morgan fingerprint density at radius 2 is 1.75 bits per heavy atom. The first-order valence-corrected chi connectivity index (χ1v) is 14.8. The number of hydrazine groups is 1. The highest BCUT2D eigenvalue weighted by Gasteiger charge is 2.54. The summed E-state index contributed by atoms with van der Waals surface area (Å²) in [5.41, 5.74) is 13.3. The fourth-order valence-corrected chi connectivity index (χ4v) is 5.27. The van der Waals surface area contributed by atoms with E-state index in [1.165, 1.54) is 0 Å². The zero-order valence-electron chi connectivity index (χ0n) is 25.3. The number of hydrogen-bond acceptors (Lipinski definition) is 7.